The molecule has 0 radical (unpaired) electrons. The molecule has 32 heteroatoms. The topological polar surface area (TPSA) is 393 Å². The number of hydrogen-bond acceptors (Lipinski definition) is 19. The van der Waals surface area contributed by atoms with Crippen molar-refractivity contribution in [1.29, 1.82) is 0 Å². The Morgan fingerprint density at radius 2 is 1.36 bits per heavy atom. The number of alkyl halides is 2. The van der Waals surface area contributed by atoms with Crippen molar-refractivity contribution in [2.24, 2.45) is 0 Å². The molecule has 2 aliphatic rings. The van der Waals surface area contributed by atoms with E-state index in [4.69, 9.17) is 29.7 Å². The van der Waals surface area contributed by atoms with Crippen LogP contribution in [0.15, 0.2) is 22.2 Å². The maximum absolute atomic E-state index is 15.9. The molecule has 0 bridgehead atoms. The molecule has 0 amide bonds. The van der Waals surface area contributed by atoms with E-state index in [1.165, 1.54) is 0 Å². The van der Waals surface area contributed by atoms with Gasteiger partial charge >= 0.3 is 23.5 Å². The number of nitrogens with two attached hydrogens (primary N) is 1. The van der Waals surface area contributed by atoms with Gasteiger partial charge in [-0.1, -0.05) is 0 Å². The lowest BCUT2D eigenvalue weighted by molar-refractivity contribution is -0.0664. The zero-order valence-electron chi connectivity index (χ0n) is 27.8. The SMILES string of the molecule is C[C@@]1(F)[C@H](O)[C@@H](COCNc2nc3c(ncn3[C@@H]3O[C@H](COP(=O)(O)OP(=O)(O)OP(=O)(O)O)[C@@H](O)[C@@]3(C)F)c(=O)[nH]2)O[C@H]1n1cnc2c(=O)[nH]c(N)nc21. The molecule has 10 atom stereocenters. The van der Waals surface area contributed by atoms with E-state index in [0.29, 0.717) is 0 Å². The van der Waals surface area contributed by atoms with E-state index in [9.17, 15) is 43.3 Å². The Labute approximate surface area is 302 Å². The molecule has 11 N–H and O–H groups in total. The Morgan fingerprint density at radius 3 is 1.91 bits per heavy atom. The summed E-state index contributed by atoms with van der Waals surface area (Å²) in [6.45, 7) is -0.145. The smallest absolute Gasteiger partial charge is 0.387 e. The number of imidazole rings is 2. The molecule has 2 saturated heterocycles. The minimum absolute atomic E-state index is 0.0977. The molecule has 4 aromatic heterocycles. The normalized spacial score (nSPS) is 30.9. The number of aromatic nitrogens is 8. The van der Waals surface area contributed by atoms with Crippen LogP contribution in [0.2, 0.25) is 0 Å². The van der Waals surface area contributed by atoms with E-state index in [1.54, 1.807) is 0 Å². The van der Waals surface area contributed by atoms with Crippen molar-refractivity contribution >= 4 is 57.7 Å². The monoisotopic (exact) mass is 850 g/mol. The van der Waals surface area contributed by atoms with E-state index < -0.39 is 103 Å². The van der Waals surface area contributed by atoms with Crippen LogP contribution in [0, 0.1) is 0 Å². The van der Waals surface area contributed by atoms with Crippen LogP contribution in [0.25, 0.3) is 22.3 Å². The van der Waals surface area contributed by atoms with Gasteiger partial charge in [0.25, 0.3) is 11.1 Å². The molecule has 4 aromatic rings. The minimum atomic E-state index is -5.87. The zero-order chi connectivity index (χ0) is 40.5. The first-order valence-corrected chi connectivity index (χ1v) is 19.8. The molecule has 6 rings (SSSR count). The van der Waals surface area contributed by atoms with Crippen LogP contribution in [0.4, 0.5) is 20.7 Å². The maximum Gasteiger partial charge on any atom is 0.490 e. The number of nitrogen functional groups attached to an aromatic ring is 1. The summed E-state index contributed by atoms with van der Waals surface area (Å²) in [4.78, 5) is 81.9. The highest BCUT2D eigenvalue weighted by molar-refractivity contribution is 7.66. The first-order valence-electron chi connectivity index (χ1n) is 15.2. The van der Waals surface area contributed by atoms with Gasteiger partial charge in [-0.25, -0.2) is 32.4 Å². The number of H-pyrrole nitrogens is 2. The molecule has 27 nitrogen and oxygen atoms in total. The Kier molecular flexibility index (Phi) is 10.7. The van der Waals surface area contributed by atoms with Gasteiger partial charge in [0.05, 0.1) is 25.9 Å². The van der Waals surface area contributed by atoms with Gasteiger partial charge in [-0.2, -0.15) is 18.6 Å². The first kappa shape index (κ1) is 41.0. The quantitative estimate of drug-likeness (QED) is 0.0393. The summed E-state index contributed by atoms with van der Waals surface area (Å²) in [5.41, 5.74) is -2.00. The Hall–Kier alpha value is -3.63. The Morgan fingerprint density at radius 1 is 0.855 bits per heavy atom. The number of hydrogen-bond donors (Lipinski definition) is 10. The van der Waals surface area contributed by atoms with Crippen LogP contribution in [0.5, 0.6) is 0 Å². The molecule has 2 aliphatic heterocycles. The van der Waals surface area contributed by atoms with Gasteiger partial charge in [0.2, 0.25) is 11.9 Å². The summed E-state index contributed by atoms with van der Waals surface area (Å²) < 4.78 is 96.6. The van der Waals surface area contributed by atoms with Gasteiger partial charge in [-0.3, -0.25) is 33.2 Å². The summed E-state index contributed by atoms with van der Waals surface area (Å²) in [5.74, 6) is -0.538. The Balaban J connectivity index is 1.10. The highest BCUT2D eigenvalue weighted by atomic mass is 31.3. The molecular formula is C23H31F2N10O17P3. The second-order valence-corrected chi connectivity index (χ2v) is 16.8. The van der Waals surface area contributed by atoms with Gasteiger partial charge in [0.15, 0.2) is 46.1 Å². The van der Waals surface area contributed by atoms with Crippen molar-refractivity contribution < 1.29 is 79.6 Å². The summed E-state index contributed by atoms with van der Waals surface area (Å²) in [5, 5.41) is 23.9. The van der Waals surface area contributed by atoms with E-state index in [0.717, 1.165) is 35.6 Å². The standard InChI is InChI=1S/C23H31F2N10O17P3/c1-22(24)12(36)8(49-18(22)34-5-27-10-14(34)30-20(26)32-16(10)38)3-47-7-29-21-31-15-11(17(39)33-21)28-6-35(15)19-23(2,25)13(37)9(50-19)4-48-54(43,44)52-55(45,46)51-53(40,41)42/h5-6,8-9,12-13,18-19,36-37H,3-4,7H2,1-2H3,(H,43,44)(H,45,46)(H2,40,41,42)(H3,26,30,32,38)(H2,29,31,33,39)/t8-,9-,12-,13-,18-,19-,22-,23-/m1/s1. The van der Waals surface area contributed by atoms with Crippen molar-refractivity contribution in [3.8, 4) is 0 Å². The average Bonchev–Trinajstić information content (AvgIpc) is 3.76. The highest BCUT2D eigenvalue weighted by Gasteiger charge is 2.57. The minimum Gasteiger partial charge on any atom is -0.387 e. The number of phosphoric acid groups is 3. The van der Waals surface area contributed by atoms with Crippen molar-refractivity contribution in [2.45, 2.75) is 62.1 Å². The fourth-order valence-corrected chi connectivity index (χ4v) is 8.79. The number of ether oxygens (including phenoxy) is 3. The number of fused-ring (bicyclic) bond motifs is 2. The third kappa shape index (κ3) is 8.27. The lowest BCUT2D eigenvalue weighted by Crippen LogP contribution is -2.41. The van der Waals surface area contributed by atoms with Crippen LogP contribution in [0.1, 0.15) is 26.3 Å². The number of aliphatic hydroxyl groups is 2. The molecule has 0 aromatic carbocycles. The predicted molar refractivity (Wildman–Crippen MR) is 174 cm³/mol. The second-order valence-electron chi connectivity index (χ2n) is 12.3. The van der Waals surface area contributed by atoms with E-state index in [2.05, 4.69) is 48.4 Å². The van der Waals surface area contributed by atoms with Gasteiger partial charge in [0.1, 0.15) is 31.1 Å². The number of halogens is 2. The van der Waals surface area contributed by atoms with Crippen molar-refractivity contribution in [3.05, 3.63) is 33.4 Å². The van der Waals surface area contributed by atoms with E-state index in [1.807, 2.05) is 0 Å². The lowest BCUT2D eigenvalue weighted by atomic mass is 9.98. The molecule has 0 spiro atoms. The zero-order valence-corrected chi connectivity index (χ0v) is 30.5. The predicted octanol–water partition coefficient (Wildman–Crippen LogP) is -1.46. The lowest BCUT2D eigenvalue weighted by Gasteiger charge is -2.24. The first-order chi connectivity index (χ1) is 25.4. The fraction of sp³-hybridized carbons (Fsp3) is 0.565. The van der Waals surface area contributed by atoms with E-state index >= 15 is 8.78 Å². The largest absolute Gasteiger partial charge is 0.490 e. The number of anilines is 2. The van der Waals surface area contributed by atoms with Gasteiger partial charge in [0, 0.05) is 0 Å². The fourth-order valence-electron chi connectivity index (χ4n) is 5.76. The number of aromatic amines is 2. The van der Waals surface area contributed by atoms with Gasteiger partial charge in [-0.15, -0.1) is 0 Å². The van der Waals surface area contributed by atoms with Crippen LogP contribution in [0.3, 0.4) is 0 Å². The van der Waals surface area contributed by atoms with Gasteiger partial charge in [-0.05, 0) is 13.8 Å². The van der Waals surface area contributed by atoms with Crippen molar-refractivity contribution in [2.75, 3.05) is 31.0 Å². The number of phosphoric ester groups is 1. The average molecular weight is 850 g/mol. The summed E-state index contributed by atoms with van der Waals surface area (Å²) >= 11 is 0. The number of aliphatic hydroxyl groups excluding tert-OH is 2. The van der Waals surface area contributed by atoms with E-state index in [-0.39, 0.29) is 34.2 Å². The number of nitrogens with one attached hydrogen (secondary N) is 3. The van der Waals surface area contributed by atoms with Crippen molar-refractivity contribution in [1.82, 2.24) is 39.0 Å². The number of rotatable bonds is 14. The molecule has 304 valence electrons. The van der Waals surface area contributed by atoms with Crippen LogP contribution >= 0.6 is 23.5 Å². The maximum atomic E-state index is 15.9. The highest BCUT2D eigenvalue weighted by Crippen LogP contribution is 2.66. The summed E-state index contributed by atoms with van der Waals surface area (Å²) in [6.07, 6.45) is -8.29. The molecule has 0 aliphatic carbocycles. The molecule has 2 fully saturated rings. The molecular weight excluding hydrogens is 819 g/mol. The molecule has 2 unspecified atom stereocenters. The van der Waals surface area contributed by atoms with Gasteiger partial charge < -0.3 is 55.0 Å². The van der Waals surface area contributed by atoms with Crippen molar-refractivity contribution in [3.63, 3.8) is 0 Å². The Bertz CT molecular complexity index is 2370. The third-order valence-electron chi connectivity index (χ3n) is 8.26. The number of nitrogens with zero attached hydrogens (tertiary/aromatic N) is 6. The molecule has 55 heavy (non-hydrogen) atoms. The second kappa shape index (κ2) is 14.4. The molecule has 0 saturated carbocycles. The third-order valence-corrected chi connectivity index (χ3v) is 12.1. The van der Waals surface area contributed by atoms with Crippen LogP contribution in [-0.4, -0.2) is 125 Å². The van der Waals surface area contributed by atoms with Crippen LogP contribution < -0.4 is 22.2 Å². The summed E-state index contributed by atoms with van der Waals surface area (Å²) in [7, 11) is -17.2. The summed E-state index contributed by atoms with van der Waals surface area (Å²) in [6, 6.07) is 0. The molecule has 6 heterocycles. The van der Waals surface area contributed by atoms with Crippen LogP contribution in [-0.2, 0) is 41.1 Å².